The maximum Gasteiger partial charge on any atom is 0.323 e. The summed E-state index contributed by atoms with van der Waals surface area (Å²) in [7, 11) is 3.47. The number of nitrogens with zero attached hydrogens (tertiary/aromatic N) is 1. The molecule has 0 spiro atoms. The minimum absolute atomic E-state index is 0.125. The lowest BCUT2D eigenvalue weighted by atomic mass is 10.0. The molecule has 0 aliphatic carbocycles. The molecule has 1 rings (SSSR count). The highest BCUT2D eigenvalue weighted by molar-refractivity contribution is 5.75. The van der Waals surface area contributed by atoms with Gasteiger partial charge in [0.25, 0.3) is 0 Å². The number of esters is 1. The van der Waals surface area contributed by atoms with E-state index in [1.54, 1.807) is 0 Å². The van der Waals surface area contributed by atoms with Crippen molar-refractivity contribution in [3.63, 3.8) is 0 Å². The van der Waals surface area contributed by atoms with Crippen LogP contribution in [0.3, 0.4) is 0 Å². The first-order valence-electron chi connectivity index (χ1n) is 6.53. The second-order valence-corrected chi connectivity index (χ2v) is 4.78. The summed E-state index contributed by atoms with van der Waals surface area (Å²) in [6, 6.07) is 0.199. The van der Waals surface area contributed by atoms with Crippen LogP contribution in [0.4, 0.5) is 0 Å². The number of methoxy groups -OCH3 is 1. The van der Waals surface area contributed by atoms with Gasteiger partial charge in [-0.15, -0.1) is 0 Å². The van der Waals surface area contributed by atoms with Crippen LogP contribution in [0.5, 0.6) is 0 Å². The van der Waals surface area contributed by atoms with E-state index in [0.29, 0.717) is 6.04 Å². The molecule has 0 saturated carbocycles. The van der Waals surface area contributed by atoms with Gasteiger partial charge < -0.3 is 9.47 Å². The zero-order chi connectivity index (χ0) is 12.8. The Kier molecular flexibility index (Phi) is 5.92. The molecule has 4 heteroatoms. The molecule has 1 aliphatic heterocycles. The van der Waals surface area contributed by atoms with E-state index >= 15 is 0 Å². The van der Waals surface area contributed by atoms with Crippen molar-refractivity contribution in [2.75, 3.05) is 20.8 Å². The summed E-state index contributed by atoms with van der Waals surface area (Å²) in [6.45, 7) is 5.00. The summed E-state index contributed by atoms with van der Waals surface area (Å²) in [5.41, 5.74) is 0. The normalized spacial score (nSPS) is 26.2. The Morgan fingerprint density at radius 3 is 2.76 bits per heavy atom. The molecule has 17 heavy (non-hydrogen) atoms. The predicted octanol–water partition coefficient (Wildman–Crippen LogP) is 1.83. The number of hydrogen-bond donors (Lipinski definition) is 0. The van der Waals surface area contributed by atoms with Gasteiger partial charge in [0.15, 0.2) is 0 Å². The van der Waals surface area contributed by atoms with Crippen LogP contribution in [0.2, 0.25) is 0 Å². The van der Waals surface area contributed by atoms with Gasteiger partial charge in [0, 0.05) is 12.6 Å². The molecular formula is C13H25NO3. The van der Waals surface area contributed by atoms with Crippen molar-refractivity contribution in [3.8, 4) is 0 Å². The number of carbonyl (C=O) groups excluding carboxylic acids is 1. The Bertz CT molecular complexity index is 245. The molecule has 100 valence electrons. The summed E-state index contributed by atoms with van der Waals surface area (Å²) in [4.78, 5) is 14.0. The second-order valence-electron chi connectivity index (χ2n) is 4.78. The predicted molar refractivity (Wildman–Crippen MR) is 66.9 cm³/mol. The highest BCUT2D eigenvalue weighted by atomic mass is 16.5. The molecule has 1 saturated heterocycles. The van der Waals surface area contributed by atoms with Gasteiger partial charge in [-0.05, 0) is 26.8 Å². The van der Waals surface area contributed by atoms with E-state index in [9.17, 15) is 4.79 Å². The van der Waals surface area contributed by atoms with Crippen LogP contribution >= 0.6 is 0 Å². The molecule has 0 bridgehead atoms. The van der Waals surface area contributed by atoms with Crippen LogP contribution in [0.15, 0.2) is 0 Å². The smallest absolute Gasteiger partial charge is 0.323 e. The van der Waals surface area contributed by atoms with Gasteiger partial charge in [-0.2, -0.15) is 0 Å². The maximum absolute atomic E-state index is 11.8. The van der Waals surface area contributed by atoms with Crippen molar-refractivity contribution >= 4 is 5.97 Å². The average molecular weight is 243 g/mol. The molecule has 1 heterocycles. The Balaban J connectivity index is 2.63. The first-order chi connectivity index (χ1) is 8.11. The summed E-state index contributed by atoms with van der Waals surface area (Å²) in [6.07, 6.45) is 4.21. The molecule has 0 radical (unpaired) electrons. The van der Waals surface area contributed by atoms with Gasteiger partial charge in [0.2, 0.25) is 0 Å². The lowest BCUT2D eigenvalue weighted by Crippen LogP contribution is -2.47. The largest absolute Gasteiger partial charge is 0.468 e. The van der Waals surface area contributed by atoms with Crippen LogP contribution in [-0.2, 0) is 14.3 Å². The van der Waals surface area contributed by atoms with Crippen molar-refractivity contribution in [1.82, 2.24) is 4.90 Å². The third kappa shape index (κ3) is 3.68. The number of rotatable bonds is 6. The molecule has 0 N–H and O–H groups in total. The van der Waals surface area contributed by atoms with Crippen LogP contribution in [0.1, 0.15) is 39.5 Å². The third-order valence-electron chi connectivity index (χ3n) is 3.66. The van der Waals surface area contributed by atoms with E-state index in [2.05, 4.69) is 18.7 Å². The third-order valence-corrected chi connectivity index (χ3v) is 3.66. The van der Waals surface area contributed by atoms with Crippen molar-refractivity contribution < 1.29 is 14.3 Å². The Hall–Kier alpha value is -0.610. The second kappa shape index (κ2) is 6.97. The topological polar surface area (TPSA) is 38.8 Å². The van der Waals surface area contributed by atoms with Crippen LogP contribution in [0, 0.1) is 0 Å². The summed E-state index contributed by atoms with van der Waals surface area (Å²) in [5, 5.41) is 0. The van der Waals surface area contributed by atoms with Crippen LogP contribution in [0.25, 0.3) is 0 Å². The fourth-order valence-corrected chi connectivity index (χ4v) is 2.51. The van der Waals surface area contributed by atoms with E-state index < -0.39 is 0 Å². The molecule has 4 nitrogen and oxygen atoms in total. The Morgan fingerprint density at radius 2 is 2.29 bits per heavy atom. The lowest BCUT2D eigenvalue weighted by molar-refractivity contribution is -0.148. The highest BCUT2D eigenvalue weighted by Crippen LogP contribution is 2.22. The van der Waals surface area contributed by atoms with Gasteiger partial charge in [-0.25, -0.2) is 0 Å². The molecule has 0 aromatic rings. The molecule has 0 amide bonds. The molecule has 1 aliphatic rings. The van der Waals surface area contributed by atoms with E-state index in [1.807, 2.05) is 7.05 Å². The fraction of sp³-hybridized carbons (Fsp3) is 0.923. The van der Waals surface area contributed by atoms with E-state index in [4.69, 9.17) is 9.47 Å². The zero-order valence-electron chi connectivity index (χ0n) is 11.4. The van der Waals surface area contributed by atoms with Crippen molar-refractivity contribution in [1.29, 1.82) is 0 Å². The Labute approximate surface area is 104 Å². The quantitative estimate of drug-likeness (QED) is 0.667. The summed E-state index contributed by atoms with van der Waals surface area (Å²) >= 11 is 0. The van der Waals surface area contributed by atoms with Crippen molar-refractivity contribution in [3.05, 3.63) is 0 Å². The van der Waals surface area contributed by atoms with E-state index in [1.165, 1.54) is 7.11 Å². The average Bonchev–Trinajstić information content (AvgIpc) is 2.75. The number of unbranched alkanes of at least 4 members (excludes halogenated alkanes) is 1. The summed E-state index contributed by atoms with van der Waals surface area (Å²) in [5.74, 6) is -0.125. The number of likely N-dealkylation sites (N-methyl/N-ethyl adjacent to an activating group) is 1. The van der Waals surface area contributed by atoms with Crippen LogP contribution < -0.4 is 0 Å². The van der Waals surface area contributed by atoms with Gasteiger partial charge in [-0.1, -0.05) is 19.8 Å². The van der Waals surface area contributed by atoms with Crippen molar-refractivity contribution in [2.24, 2.45) is 0 Å². The SMILES string of the molecule is CCCCC(C(=O)OC)N(C)C1CCOC1C. The van der Waals surface area contributed by atoms with Gasteiger partial charge in [-0.3, -0.25) is 9.69 Å². The molecule has 1 fully saturated rings. The fourth-order valence-electron chi connectivity index (χ4n) is 2.51. The maximum atomic E-state index is 11.8. The molecule has 3 atom stereocenters. The van der Waals surface area contributed by atoms with Crippen molar-refractivity contribution in [2.45, 2.75) is 57.7 Å². The molecule has 0 aromatic carbocycles. The van der Waals surface area contributed by atoms with Gasteiger partial charge in [0.05, 0.1) is 13.2 Å². The Morgan fingerprint density at radius 1 is 1.59 bits per heavy atom. The standard InChI is InChI=1S/C13H25NO3/c1-5-6-7-12(13(15)16-4)14(3)11-8-9-17-10(11)2/h10-12H,5-9H2,1-4H3. The minimum atomic E-state index is -0.130. The van der Waals surface area contributed by atoms with E-state index in [-0.39, 0.29) is 18.1 Å². The highest BCUT2D eigenvalue weighted by Gasteiger charge is 2.34. The first-order valence-corrected chi connectivity index (χ1v) is 6.53. The number of carbonyl (C=O) groups is 1. The summed E-state index contributed by atoms with van der Waals surface area (Å²) < 4.78 is 10.5. The number of ether oxygens (including phenoxy) is 2. The zero-order valence-corrected chi connectivity index (χ0v) is 11.4. The molecular weight excluding hydrogens is 218 g/mol. The van der Waals surface area contributed by atoms with Crippen LogP contribution in [-0.4, -0.2) is 49.8 Å². The van der Waals surface area contributed by atoms with Gasteiger partial charge >= 0.3 is 5.97 Å². The lowest BCUT2D eigenvalue weighted by Gasteiger charge is -2.32. The first kappa shape index (κ1) is 14.5. The van der Waals surface area contributed by atoms with E-state index in [0.717, 1.165) is 32.3 Å². The van der Waals surface area contributed by atoms with Gasteiger partial charge in [0.1, 0.15) is 6.04 Å². The number of hydrogen-bond acceptors (Lipinski definition) is 4. The molecule has 3 unspecified atom stereocenters. The molecule has 0 aromatic heterocycles. The monoisotopic (exact) mass is 243 g/mol. The minimum Gasteiger partial charge on any atom is -0.468 e.